The van der Waals surface area contributed by atoms with Crippen molar-refractivity contribution in [2.24, 2.45) is 0 Å². The maximum atomic E-state index is 10.1. The van der Waals surface area contributed by atoms with Crippen LogP contribution in [0.25, 0.3) is 0 Å². The Hall–Kier alpha value is -1.10. The van der Waals surface area contributed by atoms with Gasteiger partial charge in [-0.2, -0.15) is 0 Å². The van der Waals surface area contributed by atoms with Crippen molar-refractivity contribution >= 4 is 0 Å². The number of methoxy groups -OCH3 is 1. The molecule has 0 aliphatic heterocycles. The molecule has 0 spiro atoms. The summed E-state index contributed by atoms with van der Waals surface area (Å²) in [6, 6.07) is 7.39. The van der Waals surface area contributed by atoms with Crippen molar-refractivity contribution in [2.75, 3.05) is 27.2 Å². The molecule has 0 aliphatic carbocycles. The maximum Gasteiger partial charge on any atom is 0.119 e. The Bertz CT molecular complexity index is 374. The van der Waals surface area contributed by atoms with Gasteiger partial charge in [0.1, 0.15) is 5.75 Å². The average Bonchev–Trinajstić information content (AvgIpc) is 2.26. The summed E-state index contributed by atoms with van der Waals surface area (Å²) in [5.41, 5.74) is 0.0556. The van der Waals surface area contributed by atoms with Crippen molar-refractivity contribution in [3.8, 4) is 5.75 Å². The monoisotopic (exact) mass is 253 g/mol. The number of likely N-dealkylation sites (N-methyl/N-ethyl adjacent to an activating group) is 1. The first kappa shape index (κ1) is 15.0. The summed E-state index contributed by atoms with van der Waals surface area (Å²) in [4.78, 5) is 1.91. The Morgan fingerprint density at radius 3 is 2.61 bits per heavy atom. The van der Waals surface area contributed by atoms with Gasteiger partial charge in [0.05, 0.1) is 18.8 Å². The lowest BCUT2D eigenvalue weighted by Gasteiger charge is -2.27. The summed E-state index contributed by atoms with van der Waals surface area (Å²) in [7, 11) is 3.48. The molecule has 1 unspecified atom stereocenters. The van der Waals surface area contributed by atoms with E-state index in [1.54, 1.807) is 21.0 Å². The lowest BCUT2D eigenvalue weighted by atomic mass is 10.1. The van der Waals surface area contributed by atoms with Crippen LogP contribution in [0.15, 0.2) is 24.3 Å². The fourth-order valence-electron chi connectivity index (χ4n) is 1.97. The molecule has 2 N–H and O–H groups in total. The van der Waals surface area contributed by atoms with E-state index in [9.17, 15) is 10.2 Å². The third-order valence-corrected chi connectivity index (χ3v) is 2.62. The normalized spacial score (nSPS) is 13.7. The molecular formula is C14H23NO3. The van der Waals surface area contributed by atoms with Crippen LogP contribution < -0.4 is 4.74 Å². The number of hydrogen-bond donors (Lipinski definition) is 2. The third kappa shape index (κ3) is 5.04. The molecule has 102 valence electrons. The molecule has 4 heteroatoms. The van der Waals surface area contributed by atoms with Gasteiger partial charge in [-0.25, -0.2) is 0 Å². The zero-order valence-corrected chi connectivity index (χ0v) is 11.6. The van der Waals surface area contributed by atoms with E-state index in [0.29, 0.717) is 13.1 Å². The number of rotatable bonds is 6. The average molecular weight is 253 g/mol. The minimum Gasteiger partial charge on any atom is -0.497 e. The van der Waals surface area contributed by atoms with Crippen molar-refractivity contribution in [2.45, 2.75) is 25.6 Å². The second kappa shape index (κ2) is 6.18. The van der Waals surface area contributed by atoms with E-state index in [-0.39, 0.29) is 0 Å². The number of hydrogen-bond acceptors (Lipinski definition) is 4. The first-order valence-electron chi connectivity index (χ1n) is 6.05. The molecule has 0 saturated carbocycles. The molecule has 0 fully saturated rings. The Morgan fingerprint density at radius 1 is 1.39 bits per heavy atom. The minimum absolute atomic E-state index is 0.469. The highest BCUT2D eigenvalue weighted by atomic mass is 16.5. The fraction of sp³-hybridized carbons (Fsp3) is 0.571. The van der Waals surface area contributed by atoms with E-state index in [1.165, 1.54) is 0 Å². The van der Waals surface area contributed by atoms with Crippen LogP contribution in [0, 0.1) is 0 Å². The first-order valence-corrected chi connectivity index (χ1v) is 6.05. The van der Waals surface area contributed by atoms with Gasteiger partial charge in [-0.3, -0.25) is 0 Å². The van der Waals surface area contributed by atoms with Gasteiger partial charge in [0, 0.05) is 13.1 Å². The van der Waals surface area contributed by atoms with E-state index < -0.39 is 11.7 Å². The SMILES string of the molecule is COc1cccc(C(O)CN(C)CC(C)(C)O)c1. The molecule has 18 heavy (non-hydrogen) atoms. The van der Waals surface area contributed by atoms with Crippen molar-refractivity contribution in [1.82, 2.24) is 4.90 Å². The second-order valence-electron chi connectivity index (χ2n) is 5.30. The van der Waals surface area contributed by atoms with Crippen molar-refractivity contribution in [1.29, 1.82) is 0 Å². The molecule has 0 radical (unpaired) electrons. The topological polar surface area (TPSA) is 52.9 Å². The van der Waals surface area contributed by atoms with Crippen molar-refractivity contribution < 1.29 is 14.9 Å². The number of benzene rings is 1. The fourth-order valence-corrected chi connectivity index (χ4v) is 1.97. The number of aliphatic hydroxyl groups is 2. The minimum atomic E-state index is -0.761. The summed E-state index contributed by atoms with van der Waals surface area (Å²) < 4.78 is 5.13. The molecule has 0 heterocycles. The molecule has 0 bridgehead atoms. The quantitative estimate of drug-likeness (QED) is 0.805. The van der Waals surface area contributed by atoms with Crippen LogP contribution in [0.2, 0.25) is 0 Å². The molecular weight excluding hydrogens is 230 g/mol. The van der Waals surface area contributed by atoms with E-state index in [0.717, 1.165) is 11.3 Å². The Morgan fingerprint density at radius 2 is 2.06 bits per heavy atom. The summed E-state index contributed by atoms with van der Waals surface area (Å²) in [5.74, 6) is 0.733. The largest absolute Gasteiger partial charge is 0.497 e. The summed E-state index contributed by atoms with van der Waals surface area (Å²) in [5, 5.41) is 19.8. The summed E-state index contributed by atoms with van der Waals surface area (Å²) in [6.07, 6.45) is -0.590. The Kier molecular flexibility index (Phi) is 5.14. The van der Waals surface area contributed by atoms with Crippen LogP contribution in [-0.2, 0) is 0 Å². The van der Waals surface area contributed by atoms with Gasteiger partial charge in [-0.05, 0) is 38.6 Å². The molecule has 0 amide bonds. The van der Waals surface area contributed by atoms with Crippen LogP contribution in [-0.4, -0.2) is 48.0 Å². The van der Waals surface area contributed by atoms with Crippen LogP contribution in [0.4, 0.5) is 0 Å². The van der Waals surface area contributed by atoms with E-state index in [1.807, 2.05) is 36.2 Å². The highest BCUT2D eigenvalue weighted by Crippen LogP contribution is 2.20. The highest BCUT2D eigenvalue weighted by molar-refractivity contribution is 5.29. The smallest absolute Gasteiger partial charge is 0.119 e. The van der Waals surface area contributed by atoms with Crippen LogP contribution in [0.3, 0.4) is 0 Å². The van der Waals surface area contributed by atoms with Crippen molar-refractivity contribution in [3.63, 3.8) is 0 Å². The van der Waals surface area contributed by atoms with E-state index >= 15 is 0 Å². The molecule has 1 aromatic rings. The zero-order chi connectivity index (χ0) is 13.8. The van der Waals surface area contributed by atoms with Gasteiger partial charge in [0.15, 0.2) is 0 Å². The highest BCUT2D eigenvalue weighted by Gasteiger charge is 2.18. The van der Waals surface area contributed by atoms with E-state index in [4.69, 9.17) is 4.74 Å². The predicted octanol–water partition coefficient (Wildman–Crippen LogP) is 1.43. The molecule has 0 aromatic heterocycles. The Labute approximate surface area is 109 Å². The number of aliphatic hydroxyl groups excluding tert-OH is 1. The van der Waals surface area contributed by atoms with Crippen LogP contribution in [0.1, 0.15) is 25.5 Å². The lowest BCUT2D eigenvalue weighted by Crippen LogP contribution is -2.38. The van der Waals surface area contributed by atoms with E-state index in [2.05, 4.69) is 0 Å². The molecule has 0 saturated heterocycles. The van der Waals surface area contributed by atoms with Crippen LogP contribution in [0.5, 0.6) is 5.75 Å². The molecule has 1 rings (SSSR count). The van der Waals surface area contributed by atoms with Gasteiger partial charge in [0.25, 0.3) is 0 Å². The molecule has 1 atom stereocenters. The predicted molar refractivity (Wildman–Crippen MR) is 71.7 cm³/mol. The maximum absolute atomic E-state index is 10.1. The third-order valence-electron chi connectivity index (χ3n) is 2.62. The zero-order valence-electron chi connectivity index (χ0n) is 11.6. The summed E-state index contributed by atoms with van der Waals surface area (Å²) >= 11 is 0. The van der Waals surface area contributed by atoms with Gasteiger partial charge in [-0.15, -0.1) is 0 Å². The number of nitrogens with zero attached hydrogens (tertiary/aromatic N) is 1. The number of ether oxygens (including phenoxy) is 1. The lowest BCUT2D eigenvalue weighted by molar-refractivity contribution is 0.0284. The standard InChI is InChI=1S/C14H23NO3/c1-14(2,17)10-15(3)9-13(16)11-6-5-7-12(8-11)18-4/h5-8,13,16-17H,9-10H2,1-4H3. The Balaban J connectivity index is 2.61. The van der Waals surface area contributed by atoms with Gasteiger partial charge in [0.2, 0.25) is 0 Å². The van der Waals surface area contributed by atoms with Crippen molar-refractivity contribution in [3.05, 3.63) is 29.8 Å². The second-order valence-corrected chi connectivity index (χ2v) is 5.30. The van der Waals surface area contributed by atoms with Gasteiger partial charge < -0.3 is 19.8 Å². The molecule has 0 aliphatic rings. The molecule has 1 aromatic carbocycles. The summed E-state index contributed by atoms with van der Waals surface area (Å²) in [6.45, 7) is 4.48. The first-order chi connectivity index (χ1) is 8.31. The molecule has 4 nitrogen and oxygen atoms in total. The van der Waals surface area contributed by atoms with Gasteiger partial charge in [-0.1, -0.05) is 12.1 Å². The van der Waals surface area contributed by atoms with Crippen LogP contribution >= 0.6 is 0 Å². The van der Waals surface area contributed by atoms with Gasteiger partial charge >= 0.3 is 0 Å².